The van der Waals surface area contributed by atoms with E-state index in [1.165, 1.54) is 38.5 Å². The quantitative estimate of drug-likeness (QED) is 0.753. The number of likely N-dealkylation sites (tertiary alicyclic amines) is 1. The van der Waals surface area contributed by atoms with Crippen molar-refractivity contribution in [3.8, 4) is 0 Å². The summed E-state index contributed by atoms with van der Waals surface area (Å²) in [5.74, 6) is -0.776. The Bertz CT molecular complexity index is 280. The van der Waals surface area contributed by atoms with E-state index < -0.39 is 5.97 Å². The molecule has 1 aliphatic carbocycles. The minimum Gasteiger partial charge on any atom is -0.481 e. The Kier molecular flexibility index (Phi) is 3.76. The van der Waals surface area contributed by atoms with Crippen LogP contribution in [0, 0.1) is 5.92 Å². The maximum absolute atomic E-state index is 11.2. The lowest BCUT2D eigenvalue weighted by Gasteiger charge is -2.38. The number of hydrogen-bond donors (Lipinski definition) is 1. The van der Waals surface area contributed by atoms with Gasteiger partial charge in [-0.2, -0.15) is 0 Å². The van der Waals surface area contributed by atoms with Gasteiger partial charge in [0.2, 0.25) is 0 Å². The van der Waals surface area contributed by atoms with Crippen molar-refractivity contribution < 1.29 is 9.90 Å². The van der Waals surface area contributed by atoms with E-state index in [2.05, 4.69) is 18.7 Å². The van der Waals surface area contributed by atoms with Crippen LogP contribution in [-0.4, -0.2) is 34.1 Å². The summed E-state index contributed by atoms with van der Waals surface area (Å²) in [6.07, 6.45) is 8.66. The van der Waals surface area contributed by atoms with Crippen LogP contribution in [0.15, 0.2) is 0 Å². The molecule has 1 saturated heterocycles. The van der Waals surface area contributed by atoms with Crippen molar-refractivity contribution in [2.45, 2.75) is 70.4 Å². The van der Waals surface area contributed by atoms with Gasteiger partial charge in [0.1, 0.15) is 0 Å². The number of carboxylic acids is 1. The largest absolute Gasteiger partial charge is 0.481 e. The lowest BCUT2D eigenvalue weighted by atomic mass is 9.95. The van der Waals surface area contributed by atoms with E-state index in [1.54, 1.807) is 0 Å². The van der Waals surface area contributed by atoms with E-state index >= 15 is 0 Å². The highest BCUT2D eigenvalue weighted by Crippen LogP contribution is 2.37. The van der Waals surface area contributed by atoms with E-state index in [-0.39, 0.29) is 11.5 Å². The molecule has 3 nitrogen and oxygen atoms in total. The lowest BCUT2D eigenvalue weighted by Crippen LogP contribution is -2.45. The Hall–Kier alpha value is -0.570. The molecule has 1 aliphatic heterocycles. The van der Waals surface area contributed by atoms with Gasteiger partial charge in [0.15, 0.2) is 0 Å². The second-order valence-corrected chi connectivity index (χ2v) is 6.35. The monoisotopic (exact) mass is 239 g/mol. The predicted molar refractivity (Wildman–Crippen MR) is 68.0 cm³/mol. The second kappa shape index (κ2) is 4.97. The summed E-state index contributed by atoms with van der Waals surface area (Å²) < 4.78 is 0. The SMILES string of the molecule is CC1(C)CC(C(=O)O)CN1C1CCCCCC1. The molecule has 2 fully saturated rings. The maximum atomic E-state index is 11.2. The molecule has 1 unspecified atom stereocenters. The van der Waals surface area contributed by atoms with Gasteiger partial charge in [-0.05, 0) is 33.1 Å². The summed E-state index contributed by atoms with van der Waals surface area (Å²) in [7, 11) is 0. The number of rotatable bonds is 2. The number of aliphatic carboxylic acids is 1. The Morgan fingerprint density at radius 3 is 2.24 bits per heavy atom. The molecule has 0 radical (unpaired) electrons. The molecule has 1 N–H and O–H groups in total. The fourth-order valence-corrected chi connectivity index (χ4v) is 3.65. The zero-order chi connectivity index (χ0) is 12.5. The first-order valence-electron chi connectivity index (χ1n) is 7.00. The van der Waals surface area contributed by atoms with Crippen molar-refractivity contribution in [3.63, 3.8) is 0 Å². The third kappa shape index (κ3) is 2.82. The first kappa shape index (κ1) is 12.9. The van der Waals surface area contributed by atoms with Crippen molar-refractivity contribution in [3.05, 3.63) is 0 Å². The van der Waals surface area contributed by atoms with E-state index in [9.17, 15) is 9.90 Å². The first-order valence-corrected chi connectivity index (χ1v) is 7.00. The molecule has 0 aromatic rings. The molecular formula is C14H25NO2. The standard InChI is InChI=1S/C14H25NO2/c1-14(2)9-11(13(16)17)10-15(14)12-7-5-3-4-6-8-12/h11-12H,3-10H2,1-2H3,(H,16,17). The molecule has 3 heteroatoms. The summed E-state index contributed by atoms with van der Waals surface area (Å²) in [6.45, 7) is 5.18. The van der Waals surface area contributed by atoms with Crippen molar-refractivity contribution >= 4 is 5.97 Å². The van der Waals surface area contributed by atoms with E-state index in [0.717, 1.165) is 13.0 Å². The van der Waals surface area contributed by atoms with Crippen LogP contribution in [-0.2, 0) is 4.79 Å². The summed E-state index contributed by atoms with van der Waals surface area (Å²) in [6, 6.07) is 0.622. The van der Waals surface area contributed by atoms with E-state index in [4.69, 9.17) is 0 Å². The maximum Gasteiger partial charge on any atom is 0.307 e. The van der Waals surface area contributed by atoms with Gasteiger partial charge in [-0.1, -0.05) is 25.7 Å². The third-order valence-electron chi connectivity index (χ3n) is 4.56. The topological polar surface area (TPSA) is 40.5 Å². The summed E-state index contributed by atoms with van der Waals surface area (Å²) in [4.78, 5) is 13.6. The fraction of sp³-hybridized carbons (Fsp3) is 0.929. The highest BCUT2D eigenvalue weighted by Gasteiger charge is 2.44. The first-order chi connectivity index (χ1) is 8.00. The zero-order valence-electron chi connectivity index (χ0n) is 11.1. The Balaban J connectivity index is 2.05. The lowest BCUT2D eigenvalue weighted by molar-refractivity contribution is -0.141. The normalized spacial score (nSPS) is 31.3. The van der Waals surface area contributed by atoms with E-state index in [0.29, 0.717) is 6.04 Å². The molecule has 0 amide bonds. The molecule has 2 aliphatic rings. The van der Waals surface area contributed by atoms with Gasteiger partial charge in [0.25, 0.3) is 0 Å². The van der Waals surface area contributed by atoms with E-state index in [1.807, 2.05) is 0 Å². The minimum absolute atomic E-state index is 0.0675. The smallest absolute Gasteiger partial charge is 0.307 e. The number of carbonyl (C=O) groups is 1. The number of hydrogen-bond acceptors (Lipinski definition) is 2. The molecule has 2 rings (SSSR count). The average molecular weight is 239 g/mol. The van der Waals surface area contributed by atoms with Gasteiger partial charge in [-0.25, -0.2) is 0 Å². The molecule has 0 bridgehead atoms. The van der Waals surface area contributed by atoms with Crippen LogP contribution >= 0.6 is 0 Å². The molecule has 0 aromatic carbocycles. The highest BCUT2D eigenvalue weighted by atomic mass is 16.4. The van der Waals surface area contributed by atoms with Crippen molar-refractivity contribution in [2.24, 2.45) is 5.92 Å². The van der Waals surface area contributed by atoms with Crippen LogP contribution in [0.1, 0.15) is 58.8 Å². The zero-order valence-corrected chi connectivity index (χ0v) is 11.1. The molecule has 1 heterocycles. The van der Waals surface area contributed by atoms with Crippen LogP contribution in [0.25, 0.3) is 0 Å². The number of nitrogens with zero attached hydrogens (tertiary/aromatic N) is 1. The van der Waals surface area contributed by atoms with Gasteiger partial charge in [-0.3, -0.25) is 9.69 Å². The van der Waals surface area contributed by atoms with Crippen LogP contribution in [0.5, 0.6) is 0 Å². The molecule has 1 atom stereocenters. The van der Waals surface area contributed by atoms with Gasteiger partial charge in [0.05, 0.1) is 5.92 Å². The Labute approximate surface area is 104 Å². The van der Waals surface area contributed by atoms with Gasteiger partial charge < -0.3 is 5.11 Å². The number of carboxylic acid groups (broad SMARTS) is 1. The highest BCUT2D eigenvalue weighted by molar-refractivity contribution is 5.71. The van der Waals surface area contributed by atoms with Crippen molar-refractivity contribution in [1.29, 1.82) is 0 Å². The summed E-state index contributed by atoms with van der Waals surface area (Å²) in [5.41, 5.74) is 0.0675. The van der Waals surface area contributed by atoms with Gasteiger partial charge in [-0.15, -0.1) is 0 Å². The van der Waals surface area contributed by atoms with Crippen LogP contribution in [0.3, 0.4) is 0 Å². The van der Waals surface area contributed by atoms with Crippen molar-refractivity contribution in [2.75, 3.05) is 6.54 Å². The van der Waals surface area contributed by atoms with Crippen LogP contribution < -0.4 is 0 Å². The molecule has 98 valence electrons. The van der Waals surface area contributed by atoms with Crippen LogP contribution in [0.4, 0.5) is 0 Å². The van der Waals surface area contributed by atoms with Crippen molar-refractivity contribution in [1.82, 2.24) is 4.90 Å². The fourth-order valence-electron chi connectivity index (χ4n) is 3.65. The average Bonchev–Trinajstić information content (AvgIpc) is 2.46. The molecule has 0 aromatic heterocycles. The minimum atomic E-state index is -0.616. The van der Waals surface area contributed by atoms with Gasteiger partial charge in [0, 0.05) is 18.1 Å². The van der Waals surface area contributed by atoms with Gasteiger partial charge >= 0.3 is 5.97 Å². The van der Waals surface area contributed by atoms with Crippen LogP contribution in [0.2, 0.25) is 0 Å². The summed E-state index contributed by atoms with van der Waals surface area (Å²) in [5, 5.41) is 9.19. The molecule has 1 saturated carbocycles. The Morgan fingerprint density at radius 1 is 1.18 bits per heavy atom. The second-order valence-electron chi connectivity index (χ2n) is 6.35. The molecule has 17 heavy (non-hydrogen) atoms. The molecular weight excluding hydrogens is 214 g/mol. The summed E-state index contributed by atoms with van der Waals surface area (Å²) >= 11 is 0. The third-order valence-corrected chi connectivity index (χ3v) is 4.56. The molecule has 0 spiro atoms. The Morgan fingerprint density at radius 2 is 1.76 bits per heavy atom. The predicted octanol–water partition coefficient (Wildman–Crippen LogP) is 2.89.